The van der Waals surface area contributed by atoms with Crippen molar-refractivity contribution >= 4 is 62.3 Å². The second kappa shape index (κ2) is 12.2. The Morgan fingerprint density at radius 2 is 1.71 bits per heavy atom. The molecule has 0 aliphatic rings. The largest absolute Gasteiger partial charge is 0.444 e. The van der Waals surface area contributed by atoms with Crippen molar-refractivity contribution in [2.24, 2.45) is 7.05 Å². The third kappa shape index (κ3) is 8.50. The summed E-state index contributed by atoms with van der Waals surface area (Å²) in [6.45, 7) is 9.97. The van der Waals surface area contributed by atoms with Gasteiger partial charge >= 0.3 is 6.09 Å². The fourth-order valence-corrected chi connectivity index (χ4v) is 6.05. The number of hydrogen-bond acceptors (Lipinski definition) is 9. The van der Waals surface area contributed by atoms with Crippen molar-refractivity contribution in [3.8, 4) is 11.3 Å². The summed E-state index contributed by atoms with van der Waals surface area (Å²) in [6, 6.07) is 7.13. The molecule has 2 heterocycles. The SMILES string of the molecule is CSSC(C)(C)CNC(=O)c1nc(-c2ccc(NC(=O)c3nc(NC(=O)OC(C)(C)C)cn3C)cc2)cs1. The first-order chi connectivity index (χ1) is 17.8. The zero-order valence-electron chi connectivity index (χ0n) is 22.4. The summed E-state index contributed by atoms with van der Waals surface area (Å²) in [5.74, 6) is -0.310. The highest BCUT2D eigenvalue weighted by atomic mass is 33.1. The van der Waals surface area contributed by atoms with Crippen LogP contribution in [0, 0.1) is 0 Å². The van der Waals surface area contributed by atoms with Gasteiger partial charge in [-0.3, -0.25) is 14.9 Å². The van der Waals surface area contributed by atoms with Crippen LogP contribution < -0.4 is 16.0 Å². The lowest BCUT2D eigenvalue weighted by molar-refractivity contribution is 0.0634. The molecule has 3 N–H and O–H groups in total. The number of hydrogen-bond donors (Lipinski definition) is 3. The van der Waals surface area contributed by atoms with Gasteiger partial charge in [0.2, 0.25) is 5.82 Å². The van der Waals surface area contributed by atoms with Gasteiger partial charge in [0.1, 0.15) is 5.60 Å². The number of thiazole rings is 1. The number of aromatic nitrogens is 3. The number of rotatable bonds is 9. The van der Waals surface area contributed by atoms with E-state index in [-0.39, 0.29) is 22.3 Å². The van der Waals surface area contributed by atoms with Crippen molar-refractivity contribution < 1.29 is 19.1 Å². The maximum absolute atomic E-state index is 12.8. The quantitative estimate of drug-likeness (QED) is 0.278. The first-order valence-electron chi connectivity index (χ1n) is 11.7. The maximum Gasteiger partial charge on any atom is 0.413 e. The number of amides is 3. The molecule has 204 valence electrons. The van der Waals surface area contributed by atoms with E-state index in [1.807, 2.05) is 23.8 Å². The fourth-order valence-electron chi connectivity index (χ4n) is 3.19. The van der Waals surface area contributed by atoms with Gasteiger partial charge in [-0.2, -0.15) is 0 Å². The smallest absolute Gasteiger partial charge is 0.413 e. The van der Waals surface area contributed by atoms with Gasteiger partial charge in [-0.25, -0.2) is 14.8 Å². The Kier molecular flexibility index (Phi) is 9.49. The van der Waals surface area contributed by atoms with Crippen molar-refractivity contribution in [1.82, 2.24) is 19.9 Å². The van der Waals surface area contributed by atoms with Crippen LogP contribution in [0.5, 0.6) is 0 Å². The molecule has 0 saturated heterocycles. The molecule has 0 saturated carbocycles. The van der Waals surface area contributed by atoms with Crippen molar-refractivity contribution in [3.05, 3.63) is 46.7 Å². The topological polar surface area (TPSA) is 127 Å². The van der Waals surface area contributed by atoms with Crippen molar-refractivity contribution in [2.45, 2.75) is 45.0 Å². The number of benzene rings is 1. The van der Waals surface area contributed by atoms with Crippen LogP contribution in [0.3, 0.4) is 0 Å². The molecule has 0 aliphatic heterocycles. The van der Waals surface area contributed by atoms with Crippen LogP contribution in [-0.2, 0) is 11.8 Å². The molecule has 3 aromatic rings. The van der Waals surface area contributed by atoms with Gasteiger partial charge in [-0.15, -0.1) is 11.3 Å². The average Bonchev–Trinajstić information content (AvgIpc) is 3.44. The number of nitrogens with zero attached hydrogens (tertiary/aromatic N) is 3. The predicted molar refractivity (Wildman–Crippen MR) is 156 cm³/mol. The fraction of sp³-hybridized carbons (Fsp3) is 0.400. The van der Waals surface area contributed by atoms with E-state index in [1.165, 1.54) is 22.1 Å². The molecule has 0 fully saturated rings. The second-order valence-corrected chi connectivity index (χ2v) is 13.9. The van der Waals surface area contributed by atoms with E-state index in [2.05, 4.69) is 39.8 Å². The Bertz CT molecular complexity index is 1300. The molecule has 3 amide bonds. The number of anilines is 2. The average molecular weight is 577 g/mol. The third-order valence-corrected chi connectivity index (χ3v) is 8.29. The van der Waals surface area contributed by atoms with E-state index in [4.69, 9.17) is 4.74 Å². The third-order valence-electron chi connectivity index (χ3n) is 4.83. The van der Waals surface area contributed by atoms with Crippen LogP contribution >= 0.6 is 32.9 Å². The normalized spacial score (nSPS) is 11.7. The number of carbonyl (C=O) groups is 3. The van der Waals surface area contributed by atoms with E-state index in [1.54, 1.807) is 61.5 Å². The van der Waals surface area contributed by atoms with Crippen LogP contribution in [0.15, 0.2) is 35.8 Å². The van der Waals surface area contributed by atoms with Crippen LogP contribution in [0.2, 0.25) is 0 Å². The summed E-state index contributed by atoms with van der Waals surface area (Å²) in [5.41, 5.74) is 1.40. The number of ether oxygens (including phenoxy) is 1. The monoisotopic (exact) mass is 576 g/mol. The molecule has 13 heteroatoms. The highest BCUT2D eigenvalue weighted by Crippen LogP contribution is 2.33. The van der Waals surface area contributed by atoms with E-state index >= 15 is 0 Å². The molecule has 0 bridgehead atoms. The minimum absolute atomic E-state index is 0.0828. The summed E-state index contributed by atoms with van der Waals surface area (Å²) in [4.78, 5) is 46.0. The van der Waals surface area contributed by atoms with Gasteiger partial charge in [-0.05, 0) is 53.0 Å². The number of nitrogens with one attached hydrogen (secondary N) is 3. The van der Waals surface area contributed by atoms with Crippen LogP contribution in [0.4, 0.5) is 16.3 Å². The van der Waals surface area contributed by atoms with Crippen molar-refractivity contribution in [2.75, 3.05) is 23.4 Å². The molecule has 0 atom stereocenters. The first-order valence-corrected chi connectivity index (χ1v) is 15.1. The standard InChI is InChI=1S/C25H32N6O4S3/c1-24(2,3)35-23(34)30-18-12-31(6)19(29-18)20(32)27-16-10-8-15(9-11-16)17-13-37-22(28-17)21(33)26-14-25(4,5)38-36-7/h8-13H,14H2,1-7H3,(H,26,33)(H,27,32)(H,30,34). The zero-order valence-corrected chi connectivity index (χ0v) is 24.8. The maximum atomic E-state index is 12.8. The molecule has 0 aliphatic carbocycles. The van der Waals surface area contributed by atoms with Gasteiger partial charge in [0, 0.05) is 41.2 Å². The molecule has 0 radical (unpaired) electrons. The summed E-state index contributed by atoms with van der Waals surface area (Å²) in [7, 11) is 5.03. The first kappa shape index (κ1) is 29.5. The Labute approximate surface area is 234 Å². The van der Waals surface area contributed by atoms with Crippen LogP contribution in [0.1, 0.15) is 55.0 Å². The molecule has 38 heavy (non-hydrogen) atoms. The molecule has 0 spiro atoms. The molecular weight excluding hydrogens is 545 g/mol. The highest BCUT2D eigenvalue weighted by molar-refractivity contribution is 8.77. The predicted octanol–water partition coefficient (Wildman–Crippen LogP) is 5.66. The van der Waals surface area contributed by atoms with Gasteiger partial charge in [0.25, 0.3) is 11.8 Å². The molecule has 10 nitrogen and oxygen atoms in total. The van der Waals surface area contributed by atoms with Crippen LogP contribution in [0.25, 0.3) is 11.3 Å². The molecule has 0 unspecified atom stereocenters. The van der Waals surface area contributed by atoms with Gasteiger partial charge in [0.05, 0.1) is 5.69 Å². The van der Waals surface area contributed by atoms with E-state index < -0.39 is 17.6 Å². The van der Waals surface area contributed by atoms with E-state index in [9.17, 15) is 14.4 Å². The van der Waals surface area contributed by atoms with Crippen molar-refractivity contribution in [3.63, 3.8) is 0 Å². The summed E-state index contributed by atoms with van der Waals surface area (Å²) >= 11 is 1.28. The summed E-state index contributed by atoms with van der Waals surface area (Å²) in [6.07, 6.45) is 2.89. The minimum Gasteiger partial charge on any atom is -0.444 e. The Morgan fingerprint density at radius 1 is 1.03 bits per heavy atom. The number of aryl methyl sites for hydroxylation is 1. The lowest BCUT2D eigenvalue weighted by atomic mass is 10.1. The molecule has 2 aromatic heterocycles. The Morgan fingerprint density at radius 3 is 2.34 bits per heavy atom. The van der Waals surface area contributed by atoms with Crippen molar-refractivity contribution in [1.29, 1.82) is 0 Å². The molecule has 3 rings (SSSR count). The second-order valence-electron chi connectivity index (χ2n) is 9.95. The minimum atomic E-state index is -0.653. The van der Waals surface area contributed by atoms with Gasteiger partial charge in [0.15, 0.2) is 10.8 Å². The summed E-state index contributed by atoms with van der Waals surface area (Å²) in [5, 5.41) is 10.5. The van der Waals surface area contributed by atoms with Gasteiger partial charge < -0.3 is 19.9 Å². The summed E-state index contributed by atoms with van der Waals surface area (Å²) < 4.78 is 6.65. The number of imidazole rings is 1. The zero-order chi connectivity index (χ0) is 28.1. The Hall–Kier alpha value is -3.03. The molecule has 1 aromatic carbocycles. The molecular formula is C25H32N6O4S3. The highest BCUT2D eigenvalue weighted by Gasteiger charge is 2.22. The van der Waals surface area contributed by atoms with E-state index in [0.717, 1.165) is 5.56 Å². The number of carbonyl (C=O) groups excluding carboxylic acids is 3. The Balaban J connectivity index is 1.60. The van der Waals surface area contributed by atoms with Crippen LogP contribution in [-0.4, -0.2) is 55.6 Å². The van der Waals surface area contributed by atoms with Gasteiger partial charge in [-0.1, -0.05) is 33.7 Å². The lowest BCUT2D eigenvalue weighted by Gasteiger charge is -2.22. The van der Waals surface area contributed by atoms with E-state index in [0.29, 0.717) is 22.9 Å². The lowest BCUT2D eigenvalue weighted by Crippen LogP contribution is -2.35.